The van der Waals surface area contributed by atoms with Crippen molar-refractivity contribution in [2.75, 3.05) is 7.05 Å². The lowest BCUT2D eigenvalue weighted by Gasteiger charge is -2.23. The first-order valence-corrected chi connectivity index (χ1v) is 7.58. The number of amides is 1. The zero-order valence-corrected chi connectivity index (χ0v) is 13.9. The summed E-state index contributed by atoms with van der Waals surface area (Å²) in [6.07, 6.45) is -0.566. The van der Waals surface area contributed by atoms with Gasteiger partial charge < -0.3 is 9.64 Å². The van der Waals surface area contributed by atoms with Gasteiger partial charge in [0, 0.05) is 17.1 Å². The molecule has 1 atom stereocenters. The molecule has 0 aliphatic rings. The molecule has 0 aromatic heterocycles. The molecule has 22 heavy (non-hydrogen) atoms. The number of hydrogen-bond donors (Lipinski definition) is 0. The van der Waals surface area contributed by atoms with E-state index < -0.39 is 12.1 Å². The molecule has 0 heterocycles. The normalized spacial score (nSPS) is 11.6. The Morgan fingerprint density at radius 2 is 1.64 bits per heavy atom. The van der Waals surface area contributed by atoms with Gasteiger partial charge in [0.25, 0.3) is 0 Å². The van der Waals surface area contributed by atoms with Crippen LogP contribution in [0.25, 0.3) is 0 Å². The summed E-state index contributed by atoms with van der Waals surface area (Å²) in [6, 6.07) is 15.2. The molecule has 5 heteroatoms. The average Bonchev–Trinajstić information content (AvgIpc) is 2.54. The second-order valence-corrected chi connectivity index (χ2v) is 5.75. The molecule has 4 nitrogen and oxygen atoms in total. The molecule has 114 valence electrons. The van der Waals surface area contributed by atoms with Gasteiger partial charge in [-0.1, -0.05) is 46.3 Å². The van der Waals surface area contributed by atoms with E-state index in [0.717, 1.165) is 4.47 Å². The van der Waals surface area contributed by atoms with Crippen LogP contribution in [0.2, 0.25) is 0 Å². The number of rotatable bonds is 4. The maximum absolute atomic E-state index is 12.4. The largest absolute Gasteiger partial charge is 0.415 e. The summed E-state index contributed by atoms with van der Waals surface area (Å²) in [7, 11) is 1.55. The van der Waals surface area contributed by atoms with Gasteiger partial charge in [-0.15, -0.1) is 0 Å². The molecule has 0 spiro atoms. The van der Waals surface area contributed by atoms with Crippen molar-refractivity contribution in [3.63, 3.8) is 0 Å². The summed E-state index contributed by atoms with van der Waals surface area (Å²) in [5, 5.41) is 0. The third-order valence-corrected chi connectivity index (χ3v) is 3.85. The highest BCUT2D eigenvalue weighted by atomic mass is 79.9. The Bertz CT molecular complexity index is 655. The van der Waals surface area contributed by atoms with Gasteiger partial charge in [-0.25, -0.2) is 4.79 Å². The molecule has 0 saturated carbocycles. The first-order valence-electron chi connectivity index (χ1n) is 6.78. The van der Waals surface area contributed by atoms with E-state index in [1.54, 1.807) is 62.5 Å². The van der Waals surface area contributed by atoms with Crippen LogP contribution in [0.5, 0.6) is 5.75 Å². The molecule has 0 N–H and O–H groups in total. The Morgan fingerprint density at radius 1 is 1.05 bits per heavy atom. The molecule has 0 aliphatic carbocycles. The van der Waals surface area contributed by atoms with Gasteiger partial charge in [0.1, 0.15) is 5.75 Å². The van der Waals surface area contributed by atoms with Crippen molar-refractivity contribution >= 4 is 27.8 Å². The van der Waals surface area contributed by atoms with Crippen LogP contribution in [-0.2, 0) is 0 Å². The maximum atomic E-state index is 12.4. The summed E-state index contributed by atoms with van der Waals surface area (Å²) in [5.74, 6) is 0.308. The SMILES string of the molecule is CC(C(=O)c1ccc(Br)cc1)N(C)C(=O)Oc1ccccc1. The molecule has 0 radical (unpaired) electrons. The molecule has 2 aromatic rings. The number of ether oxygens (including phenoxy) is 1. The molecule has 1 amide bonds. The van der Waals surface area contributed by atoms with E-state index in [2.05, 4.69) is 15.9 Å². The Labute approximate surface area is 137 Å². The molecule has 0 fully saturated rings. The van der Waals surface area contributed by atoms with Gasteiger partial charge >= 0.3 is 6.09 Å². The zero-order chi connectivity index (χ0) is 16.1. The van der Waals surface area contributed by atoms with E-state index in [1.165, 1.54) is 4.90 Å². The Balaban J connectivity index is 2.04. The molecule has 1 unspecified atom stereocenters. The van der Waals surface area contributed by atoms with E-state index in [0.29, 0.717) is 11.3 Å². The first-order chi connectivity index (χ1) is 10.5. The number of hydrogen-bond acceptors (Lipinski definition) is 3. The predicted molar refractivity (Wildman–Crippen MR) is 88.2 cm³/mol. The number of nitrogens with zero attached hydrogens (tertiary/aromatic N) is 1. The molecular formula is C17H16BrNO3. The Hall–Kier alpha value is -2.14. The number of benzene rings is 2. The van der Waals surface area contributed by atoms with Gasteiger partial charge in [0.2, 0.25) is 0 Å². The molecular weight excluding hydrogens is 346 g/mol. The minimum absolute atomic E-state index is 0.139. The van der Waals surface area contributed by atoms with Crippen molar-refractivity contribution in [1.29, 1.82) is 0 Å². The molecule has 2 aromatic carbocycles. The van der Waals surface area contributed by atoms with Crippen LogP contribution < -0.4 is 4.74 Å². The fraction of sp³-hybridized carbons (Fsp3) is 0.176. The number of para-hydroxylation sites is 1. The summed E-state index contributed by atoms with van der Waals surface area (Å²) < 4.78 is 6.13. The highest BCUT2D eigenvalue weighted by molar-refractivity contribution is 9.10. The highest BCUT2D eigenvalue weighted by Crippen LogP contribution is 2.15. The second kappa shape index (κ2) is 7.22. The smallest absolute Gasteiger partial charge is 0.410 e. The topological polar surface area (TPSA) is 46.6 Å². The van der Waals surface area contributed by atoms with Crippen molar-refractivity contribution in [2.24, 2.45) is 0 Å². The van der Waals surface area contributed by atoms with Gasteiger partial charge in [-0.2, -0.15) is 0 Å². The number of halogens is 1. The summed E-state index contributed by atoms with van der Waals surface area (Å²) in [5.41, 5.74) is 0.551. The van der Waals surface area contributed by atoms with Crippen molar-refractivity contribution < 1.29 is 14.3 Å². The monoisotopic (exact) mass is 361 g/mol. The maximum Gasteiger partial charge on any atom is 0.415 e. The Morgan fingerprint density at radius 3 is 2.23 bits per heavy atom. The first kappa shape index (κ1) is 16.2. The molecule has 0 aliphatic heterocycles. The number of carbonyl (C=O) groups excluding carboxylic acids is 2. The van der Waals surface area contributed by atoms with Crippen molar-refractivity contribution in [1.82, 2.24) is 4.90 Å². The number of ketones is 1. The van der Waals surface area contributed by atoms with E-state index in [9.17, 15) is 9.59 Å². The minimum atomic E-state index is -0.614. The van der Waals surface area contributed by atoms with Crippen LogP contribution in [0.3, 0.4) is 0 Å². The van der Waals surface area contributed by atoms with Crippen LogP contribution in [0.15, 0.2) is 59.1 Å². The predicted octanol–water partition coefficient (Wildman–Crippen LogP) is 4.15. The zero-order valence-electron chi connectivity index (χ0n) is 12.3. The van der Waals surface area contributed by atoms with Gasteiger partial charge in [0.15, 0.2) is 5.78 Å². The second-order valence-electron chi connectivity index (χ2n) is 4.84. The van der Waals surface area contributed by atoms with Crippen LogP contribution in [-0.4, -0.2) is 29.9 Å². The van der Waals surface area contributed by atoms with Crippen LogP contribution >= 0.6 is 15.9 Å². The third kappa shape index (κ3) is 3.95. The summed E-state index contributed by atoms with van der Waals surface area (Å²) in [6.45, 7) is 1.68. The van der Waals surface area contributed by atoms with Crippen molar-refractivity contribution in [3.8, 4) is 5.75 Å². The van der Waals surface area contributed by atoms with Crippen molar-refractivity contribution in [3.05, 3.63) is 64.6 Å². The summed E-state index contributed by atoms with van der Waals surface area (Å²) in [4.78, 5) is 25.8. The Kier molecular flexibility index (Phi) is 5.33. The van der Waals surface area contributed by atoms with Crippen molar-refractivity contribution in [2.45, 2.75) is 13.0 Å². The lowest BCUT2D eigenvalue weighted by Crippen LogP contribution is -2.41. The highest BCUT2D eigenvalue weighted by Gasteiger charge is 2.24. The van der Waals surface area contributed by atoms with Crippen LogP contribution in [0, 0.1) is 0 Å². The quantitative estimate of drug-likeness (QED) is 0.768. The molecule has 2 rings (SSSR count). The van der Waals surface area contributed by atoms with E-state index >= 15 is 0 Å². The van der Waals surface area contributed by atoms with Crippen LogP contribution in [0.4, 0.5) is 4.79 Å². The summed E-state index contributed by atoms with van der Waals surface area (Å²) >= 11 is 3.32. The van der Waals surface area contributed by atoms with E-state index in [1.807, 2.05) is 6.07 Å². The molecule has 0 saturated heterocycles. The minimum Gasteiger partial charge on any atom is -0.410 e. The lowest BCUT2D eigenvalue weighted by atomic mass is 10.1. The van der Waals surface area contributed by atoms with Gasteiger partial charge in [-0.3, -0.25) is 4.79 Å². The standard InChI is InChI=1S/C17H16BrNO3/c1-12(16(20)13-8-10-14(18)11-9-13)19(2)17(21)22-15-6-4-3-5-7-15/h3-12H,1-2H3. The van der Waals surface area contributed by atoms with Gasteiger partial charge in [-0.05, 0) is 31.2 Å². The van der Waals surface area contributed by atoms with E-state index in [-0.39, 0.29) is 5.78 Å². The number of carbonyl (C=O) groups is 2. The number of likely N-dealkylation sites (N-methyl/N-ethyl adjacent to an activating group) is 1. The van der Waals surface area contributed by atoms with Crippen LogP contribution in [0.1, 0.15) is 17.3 Å². The van der Waals surface area contributed by atoms with Gasteiger partial charge in [0.05, 0.1) is 6.04 Å². The average molecular weight is 362 g/mol. The molecule has 0 bridgehead atoms. The number of Topliss-reactive ketones (excluding diaryl/α,β-unsaturated/α-hetero) is 1. The fourth-order valence-corrected chi connectivity index (χ4v) is 2.12. The third-order valence-electron chi connectivity index (χ3n) is 3.33. The fourth-order valence-electron chi connectivity index (χ4n) is 1.85. The van der Waals surface area contributed by atoms with E-state index in [4.69, 9.17) is 4.74 Å². The lowest BCUT2D eigenvalue weighted by molar-refractivity contribution is 0.0854.